The van der Waals surface area contributed by atoms with Crippen molar-refractivity contribution in [2.24, 2.45) is 0 Å². The second-order valence-electron chi connectivity index (χ2n) is 9.93. The maximum absolute atomic E-state index is 3.96. The molecule has 2 aliphatic heterocycles. The average Bonchev–Trinajstić information content (AvgIpc) is 3.46. The molecule has 0 amide bonds. The summed E-state index contributed by atoms with van der Waals surface area (Å²) in [4.78, 5) is 0. The molecule has 0 bridgehead atoms. The van der Waals surface area contributed by atoms with Crippen LogP contribution in [0.15, 0.2) is 36.4 Å². The lowest BCUT2D eigenvalue weighted by molar-refractivity contribution is 0.117. The monoisotopic (exact) mass is 434 g/mol. The summed E-state index contributed by atoms with van der Waals surface area (Å²) in [6, 6.07) is 13.7. The van der Waals surface area contributed by atoms with Crippen LogP contribution in [0.4, 0.5) is 0 Å². The van der Waals surface area contributed by atoms with Crippen LogP contribution in [-0.4, -0.2) is 37.5 Å². The highest BCUT2D eigenvalue weighted by Gasteiger charge is 2.54. The van der Waals surface area contributed by atoms with Crippen LogP contribution in [0.2, 0.25) is 0 Å². The summed E-state index contributed by atoms with van der Waals surface area (Å²) in [6.45, 7) is 15.4. The summed E-state index contributed by atoms with van der Waals surface area (Å²) in [5.74, 6) is 0.512. The van der Waals surface area contributed by atoms with E-state index >= 15 is 0 Å². The molecule has 4 nitrogen and oxygen atoms in total. The van der Waals surface area contributed by atoms with Crippen molar-refractivity contribution in [3.05, 3.63) is 69.8 Å². The molecular weight excluding hydrogens is 392 g/mol. The highest BCUT2D eigenvalue weighted by molar-refractivity contribution is 5.42. The van der Waals surface area contributed by atoms with E-state index in [1.165, 1.54) is 33.4 Å². The number of hydrogen-bond donors (Lipinski definition) is 4. The molecule has 174 valence electrons. The minimum atomic E-state index is -0.244. The average molecular weight is 435 g/mol. The van der Waals surface area contributed by atoms with Crippen molar-refractivity contribution in [1.29, 1.82) is 0 Å². The molecule has 4 rings (SSSR count). The van der Waals surface area contributed by atoms with Gasteiger partial charge < -0.3 is 0 Å². The van der Waals surface area contributed by atoms with Crippen molar-refractivity contribution >= 4 is 0 Å². The zero-order chi connectivity index (χ0) is 22.8. The molecule has 0 radical (unpaired) electrons. The standard InChI is InChI=1S/C28H42N4/c1-6-22-11-8-10-21(5)25(22)18-27(29-14-15-30-27)28(31-16-17-32-28)19-26-23(7-2)12-9-13-24(26)20(3)4/h8-13,20,29-32H,6-7,14-19H2,1-5H3. The zero-order valence-electron chi connectivity index (χ0n) is 20.7. The third-order valence-corrected chi connectivity index (χ3v) is 7.77. The summed E-state index contributed by atoms with van der Waals surface area (Å²) >= 11 is 0. The molecule has 0 spiro atoms. The Morgan fingerprint density at radius 3 is 1.69 bits per heavy atom. The van der Waals surface area contributed by atoms with E-state index in [1.54, 1.807) is 0 Å². The summed E-state index contributed by atoms with van der Waals surface area (Å²) in [6.07, 6.45) is 4.07. The molecule has 2 fully saturated rings. The lowest BCUT2D eigenvalue weighted by Gasteiger charge is -2.48. The van der Waals surface area contributed by atoms with Crippen molar-refractivity contribution in [3.63, 3.8) is 0 Å². The van der Waals surface area contributed by atoms with Gasteiger partial charge in [0.05, 0.1) is 0 Å². The van der Waals surface area contributed by atoms with Gasteiger partial charge >= 0.3 is 0 Å². The molecular formula is C28H42N4. The van der Waals surface area contributed by atoms with Crippen molar-refractivity contribution in [3.8, 4) is 0 Å². The molecule has 0 aliphatic carbocycles. The van der Waals surface area contributed by atoms with Crippen molar-refractivity contribution in [1.82, 2.24) is 21.3 Å². The topological polar surface area (TPSA) is 48.1 Å². The first-order valence-electron chi connectivity index (χ1n) is 12.6. The number of benzene rings is 2. The molecule has 4 heteroatoms. The van der Waals surface area contributed by atoms with Gasteiger partial charge in [0.2, 0.25) is 0 Å². The Labute approximate surface area is 195 Å². The smallest absolute Gasteiger partial charge is 0.106 e. The van der Waals surface area contributed by atoms with E-state index in [9.17, 15) is 0 Å². The minimum absolute atomic E-state index is 0.241. The van der Waals surface area contributed by atoms with Gasteiger partial charge in [-0.3, -0.25) is 21.3 Å². The maximum atomic E-state index is 3.96. The predicted octanol–water partition coefficient (Wildman–Crippen LogP) is 3.81. The van der Waals surface area contributed by atoms with Crippen LogP contribution < -0.4 is 21.3 Å². The highest BCUT2D eigenvalue weighted by Crippen LogP contribution is 2.35. The Kier molecular flexibility index (Phi) is 7.06. The van der Waals surface area contributed by atoms with Gasteiger partial charge in [0, 0.05) is 39.0 Å². The number of rotatable bonds is 8. The van der Waals surface area contributed by atoms with E-state index in [0.29, 0.717) is 5.92 Å². The molecule has 2 saturated heterocycles. The third-order valence-electron chi connectivity index (χ3n) is 7.77. The Balaban J connectivity index is 1.80. The minimum Gasteiger partial charge on any atom is -0.295 e. The van der Waals surface area contributed by atoms with E-state index in [4.69, 9.17) is 0 Å². The van der Waals surface area contributed by atoms with Gasteiger partial charge in [-0.05, 0) is 59.1 Å². The molecule has 0 aromatic heterocycles. The van der Waals surface area contributed by atoms with E-state index in [0.717, 1.165) is 51.9 Å². The Bertz CT molecular complexity index is 921. The molecule has 4 N–H and O–H groups in total. The van der Waals surface area contributed by atoms with Gasteiger partial charge in [-0.2, -0.15) is 0 Å². The van der Waals surface area contributed by atoms with Gasteiger partial charge in [0.1, 0.15) is 11.3 Å². The molecule has 0 unspecified atom stereocenters. The Morgan fingerprint density at radius 2 is 1.19 bits per heavy atom. The van der Waals surface area contributed by atoms with Crippen LogP contribution >= 0.6 is 0 Å². The van der Waals surface area contributed by atoms with E-state index in [1.807, 2.05) is 0 Å². The third kappa shape index (κ3) is 4.14. The fourth-order valence-electron chi connectivity index (χ4n) is 6.00. The van der Waals surface area contributed by atoms with Gasteiger partial charge in [0.25, 0.3) is 0 Å². The summed E-state index contributed by atoms with van der Waals surface area (Å²) in [5.41, 5.74) is 8.33. The fraction of sp³-hybridized carbons (Fsp3) is 0.571. The second kappa shape index (κ2) is 9.64. The lowest BCUT2D eigenvalue weighted by atomic mass is 9.78. The van der Waals surface area contributed by atoms with Gasteiger partial charge in [-0.15, -0.1) is 0 Å². The number of nitrogens with one attached hydrogen (secondary N) is 4. The first-order chi connectivity index (χ1) is 15.5. The van der Waals surface area contributed by atoms with Crippen LogP contribution in [0.25, 0.3) is 0 Å². The molecule has 2 aromatic rings. The second-order valence-corrected chi connectivity index (χ2v) is 9.93. The fourth-order valence-corrected chi connectivity index (χ4v) is 6.00. The zero-order valence-corrected chi connectivity index (χ0v) is 20.7. The van der Waals surface area contributed by atoms with Gasteiger partial charge in [-0.25, -0.2) is 0 Å². The van der Waals surface area contributed by atoms with E-state index in [-0.39, 0.29) is 11.3 Å². The summed E-state index contributed by atoms with van der Waals surface area (Å²) < 4.78 is 0. The van der Waals surface area contributed by atoms with Crippen LogP contribution in [0.1, 0.15) is 67.0 Å². The van der Waals surface area contributed by atoms with Crippen LogP contribution in [-0.2, 0) is 25.7 Å². The Morgan fingerprint density at radius 1 is 0.719 bits per heavy atom. The first kappa shape index (κ1) is 23.4. The summed E-state index contributed by atoms with van der Waals surface area (Å²) in [7, 11) is 0. The molecule has 2 aromatic carbocycles. The van der Waals surface area contributed by atoms with Crippen molar-refractivity contribution < 1.29 is 0 Å². The van der Waals surface area contributed by atoms with Crippen LogP contribution in [0.3, 0.4) is 0 Å². The van der Waals surface area contributed by atoms with Crippen LogP contribution in [0, 0.1) is 6.92 Å². The van der Waals surface area contributed by atoms with Gasteiger partial charge in [-0.1, -0.05) is 64.1 Å². The molecule has 32 heavy (non-hydrogen) atoms. The highest BCUT2D eigenvalue weighted by atomic mass is 15.4. The van der Waals surface area contributed by atoms with E-state index < -0.39 is 0 Å². The quantitative estimate of drug-likeness (QED) is 0.510. The normalized spacial score (nSPS) is 19.7. The van der Waals surface area contributed by atoms with E-state index in [2.05, 4.69) is 92.3 Å². The molecule has 2 heterocycles. The summed E-state index contributed by atoms with van der Waals surface area (Å²) in [5, 5.41) is 15.8. The SMILES string of the molecule is CCc1cccc(C)c1CC1(C2(Cc3c(CC)cccc3C(C)C)NCCN2)NCCN1. The lowest BCUT2D eigenvalue weighted by Crippen LogP contribution is -2.77. The number of aryl methyl sites for hydroxylation is 3. The van der Waals surface area contributed by atoms with Crippen molar-refractivity contribution in [2.45, 2.75) is 77.5 Å². The Hall–Kier alpha value is -1.72. The predicted molar refractivity (Wildman–Crippen MR) is 135 cm³/mol. The van der Waals surface area contributed by atoms with Crippen LogP contribution in [0.5, 0.6) is 0 Å². The first-order valence-corrected chi connectivity index (χ1v) is 12.6. The van der Waals surface area contributed by atoms with Gasteiger partial charge in [0.15, 0.2) is 0 Å². The largest absolute Gasteiger partial charge is 0.295 e. The number of hydrogen-bond acceptors (Lipinski definition) is 4. The molecule has 0 saturated carbocycles. The maximum Gasteiger partial charge on any atom is 0.106 e. The molecule has 0 atom stereocenters. The molecule has 2 aliphatic rings. The van der Waals surface area contributed by atoms with Crippen molar-refractivity contribution in [2.75, 3.05) is 26.2 Å².